The molecular formula is C44H66N6O10. The Morgan fingerprint density at radius 1 is 1.08 bits per heavy atom. The zero-order valence-corrected chi connectivity index (χ0v) is 37.1. The third kappa shape index (κ3) is 8.73. The Hall–Kier alpha value is -3.93. The number of aromatic nitrogens is 2. The number of esters is 1. The van der Waals surface area contributed by atoms with Crippen molar-refractivity contribution in [2.75, 3.05) is 34.4 Å². The summed E-state index contributed by atoms with van der Waals surface area (Å²) in [6, 6.07) is 8.86. The number of hydrogen-bond donors (Lipinski definition) is 2. The van der Waals surface area contributed by atoms with E-state index < -0.39 is 83.4 Å². The molecule has 4 aliphatic rings. The fraction of sp³-hybridized carbons (Fsp3) is 0.705. The van der Waals surface area contributed by atoms with Gasteiger partial charge in [0.2, 0.25) is 6.67 Å². The summed E-state index contributed by atoms with van der Waals surface area (Å²) in [6.45, 7) is 14.5. The maximum atomic E-state index is 14.7. The number of aryl methyl sites for hydroxylation is 1. The Balaban J connectivity index is 1.38. The maximum Gasteiger partial charge on any atom is 0.425 e. The van der Waals surface area contributed by atoms with Crippen molar-refractivity contribution in [3.63, 3.8) is 0 Å². The van der Waals surface area contributed by atoms with Crippen LogP contribution >= 0.6 is 0 Å². The first-order valence-corrected chi connectivity index (χ1v) is 21.5. The number of aromatic amines is 1. The average molecular weight is 839 g/mol. The number of hydroxylamine groups is 1. The largest absolute Gasteiger partial charge is 0.623 e. The van der Waals surface area contributed by atoms with Crippen molar-refractivity contribution in [1.82, 2.24) is 24.9 Å². The van der Waals surface area contributed by atoms with Crippen LogP contribution < -0.4 is 0 Å². The number of likely N-dealkylation sites (N-methyl/N-ethyl adjacent to an activating group) is 1. The van der Waals surface area contributed by atoms with E-state index in [1.807, 2.05) is 83.9 Å². The molecule has 3 saturated heterocycles. The molecule has 13 atom stereocenters. The van der Waals surface area contributed by atoms with Crippen LogP contribution in [0.1, 0.15) is 86.9 Å². The molecule has 5 heterocycles. The Morgan fingerprint density at radius 3 is 2.43 bits per heavy atom. The summed E-state index contributed by atoms with van der Waals surface area (Å²) in [4.78, 5) is 52.6. The fourth-order valence-electron chi connectivity index (χ4n) is 10.3. The van der Waals surface area contributed by atoms with Crippen LogP contribution in [0, 0.1) is 28.9 Å². The van der Waals surface area contributed by atoms with Gasteiger partial charge in [-0.2, -0.15) is 9.75 Å². The van der Waals surface area contributed by atoms with Gasteiger partial charge in [-0.3, -0.25) is 9.59 Å². The number of imidazole rings is 1. The quantitative estimate of drug-likeness (QED) is 0.145. The minimum Gasteiger partial charge on any atom is -0.623 e. The van der Waals surface area contributed by atoms with E-state index in [2.05, 4.69) is 9.97 Å². The van der Waals surface area contributed by atoms with E-state index in [-0.39, 0.29) is 31.7 Å². The summed E-state index contributed by atoms with van der Waals surface area (Å²) in [5.74, 6) is -3.69. The third-order valence-corrected chi connectivity index (χ3v) is 13.5. The maximum absolute atomic E-state index is 14.7. The van der Waals surface area contributed by atoms with E-state index >= 15 is 0 Å². The standard InChI is InChI=1S/C44H66N6O10/c1-12-33-44(8)38-27(4)35(49(55)24-48(50(38)42(54)60-44)20-16-19-34-45-23-31(46-34)30-17-14-13-15-18-30)25(2)22-43(7,56-11)39(28(5)36(51)29(6)40(53)58-33)59-41-37(52)32(47(9)10)21-26(3)57-41/h13-15,17-18,23,25-29,32-33,37-39,41,52H,12,16,19-22,24H2,1-11H3,(H,45,46)/t25-,26-,27-,28+,29-,32+,33+,37-,38-,39-,41+,43+,44-/m1/s1. The lowest BCUT2D eigenvalue weighted by atomic mass is 9.73. The molecule has 16 nitrogen and oxygen atoms in total. The fourth-order valence-corrected chi connectivity index (χ4v) is 10.3. The van der Waals surface area contributed by atoms with E-state index in [0.29, 0.717) is 31.5 Å². The predicted molar refractivity (Wildman–Crippen MR) is 222 cm³/mol. The summed E-state index contributed by atoms with van der Waals surface area (Å²) in [7, 11) is 5.29. The SMILES string of the molecule is CC[C@@H]1OC(=O)[C@H](C)C(=O)[C@H](C)[C@@H](O[C@@H]2O[C@H](C)C[C@H](N(C)C)[C@H]2O)[C@@](C)(OC)C[C@@H](C)C2=[N+]([O-])CN(CCCc3ncc(-c4ccccc4)[nH]3)N3C(=O)O[C@@]1(C)[C@H]3[C@@H]2C. The number of amides is 1. The zero-order chi connectivity index (χ0) is 43.8. The van der Waals surface area contributed by atoms with E-state index in [4.69, 9.17) is 23.7 Å². The number of aliphatic hydroxyl groups excluding tert-OH is 1. The van der Waals surface area contributed by atoms with Gasteiger partial charge in [-0.05, 0) is 73.0 Å². The van der Waals surface area contributed by atoms with Crippen LogP contribution in [0.3, 0.4) is 0 Å². The average Bonchev–Trinajstić information content (AvgIpc) is 3.76. The van der Waals surface area contributed by atoms with Crippen LogP contribution in [0.25, 0.3) is 11.3 Å². The van der Waals surface area contributed by atoms with Crippen molar-refractivity contribution in [3.05, 3.63) is 47.6 Å². The summed E-state index contributed by atoms with van der Waals surface area (Å²) in [5, 5.41) is 29.5. The number of nitrogens with one attached hydrogen (secondary N) is 1. The lowest BCUT2D eigenvalue weighted by molar-refractivity contribution is -0.494. The van der Waals surface area contributed by atoms with Crippen molar-refractivity contribution in [2.45, 2.75) is 141 Å². The molecule has 2 aromatic rings. The molecule has 332 valence electrons. The van der Waals surface area contributed by atoms with Gasteiger partial charge in [-0.15, -0.1) is 0 Å². The molecule has 1 aromatic carbocycles. The van der Waals surface area contributed by atoms with Gasteiger partial charge in [0.1, 0.15) is 30.0 Å². The van der Waals surface area contributed by atoms with Gasteiger partial charge in [0.05, 0.1) is 35.6 Å². The first-order chi connectivity index (χ1) is 28.3. The van der Waals surface area contributed by atoms with Crippen LogP contribution in [0.4, 0.5) is 4.79 Å². The number of methoxy groups -OCH3 is 1. The number of Topliss-reactive ketones (excluding diaryl/α,β-unsaturated/α-hetero) is 1. The van der Waals surface area contributed by atoms with Crippen LogP contribution in [0.5, 0.6) is 0 Å². The van der Waals surface area contributed by atoms with Crippen LogP contribution in [-0.2, 0) is 39.7 Å². The monoisotopic (exact) mass is 838 g/mol. The van der Waals surface area contributed by atoms with E-state index in [0.717, 1.165) is 21.8 Å². The molecule has 2 N–H and O–H groups in total. The van der Waals surface area contributed by atoms with Crippen molar-refractivity contribution < 1.29 is 47.9 Å². The second kappa shape index (κ2) is 18.2. The first kappa shape index (κ1) is 45.6. The first-order valence-electron chi connectivity index (χ1n) is 21.5. The third-order valence-electron chi connectivity index (χ3n) is 13.5. The minimum atomic E-state index is -1.40. The molecule has 2 bridgehead atoms. The molecule has 0 unspecified atom stereocenters. The summed E-state index contributed by atoms with van der Waals surface area (Å²) >= 11 is 0. The summed E-state index contributed by atoms with van der Waals surface area (Å²) in [6.07, 6.45) is -1.13. The highest BCUT2D eigenvalue weighted by Gasteiger charge is 2.64. The number of hydrazine groups is 1. The summed E-state index contributed by atoms with van der Waals surface area (Å²) in [5.41, 5.74) is -0.240. The summed E-state index contributed by atoms with van der Waals surface area (Å²) < 4.78 is 32.6. The molecule has 60 heavy (non-hydrogen) atoms. The Labute approximate surface area is 354 Å². The molecule has 0 aliphatic carbocycles. The molecule has 1 amide bonds. The number of ether oxygens (including phenoxy) is 5. The van der Waals surface area contributed by atoms with Gasteiger partial charge in [-0.25, -0.2) is 14.8 Å². The highest BCUT2D eigenvalue weighted by molar-refractivity contribution is 6.00. The molecule has 4 aliphatic heterocycles. The van der Waals surface area contributed by atoms with Crippen LogP contribution in [0.2, 0.25) is 0 Å². The topological polar surface area (TPSA) is 182 Å². The molecular weight excluding hydrogens is 773 g/mol. The lowest BCUT2D eigenvalue weighted by Crippen LogP contribution is -2.61. The van der Waals surface area contributed by atoms with Gasteiger partial charge in [0, 0.05) is 38.0 Å². The smallest absolute Gasteiger partial charge is 0.425 e. The molecule has 0 radical (unpaired) electrons. The zero-order valence-electron chi connectivity index (χ0n) is 37.1. The number of carbonyl (C=O) groups is 3. The number of H-pyrrole nitrogens is 1. The van der Waals surface area contributed by atoms with Crippen molar-refractivity contribution in [1.29, 1.82) is 0 Å². The molecule has 0 saturated carbocycles. The predicted octanol–water partition coefficient (Wildman–Crippen LogP) is 4.78. The van der Waals surface area contributed by atoms with Crippen molar-refractivity contribution >= 4 is 23.6 Å². The number of fused-ring (bicyclic) bond motifs is 1. The molecule has 3 fully saturated rings. The second-order valence-electron chi connectivity index (χ2n) is 18.0. The van der Waals surface area contributed by atoms with Gasteiger partial charge >= 0.3 is 12.1 Å². The van der Waals surface area contributed by atoms with Crippen LogP contribution in [-0.4, -0.2) is 147 Å². The van der Waals surface area contributed by atoms with Crippen molar-refractivity contribution in [2.24, 2.45) is 23.7 Å². The molecule has 0 spiro atoms. The van der Waals surface area contributed by atoms with E-state index in [1.54, 1.807) is 25.1 Å². The van der Waals surface area contributed by atoms with E-state index in [9.17, 15) is 24.7 Å². The Kier molecular flexibility index (Phi) is 13.8. The van der Waals surface area contributed by atoms with Crippen LogP contribution in [0.15, 0.2) is 36.5 Å². The Morgan fingerprint density at radius 2 is 1.78 bits per heavy atom. The number of benzene rings is 1. The van der Waals surface area contributed by atoms with Gasteiger partial charge < -0.3 is 43.9 Å². The lowest BCUT2D eigenvalue weighted by Gasteiger charge is -2.47. The normalized spacial score (nSPS) is 37.2. The molecule has 1 aromatic heterocycles. The van der Waals surface area contributed by atoms with Gasteiger partial charge in [0.15, 0.2) is 23.4 Å². The highest BCUT2D eigenvalue weighted by atomic mass is 16.7. The Bertz CT molecular complexity index is 1880. The number of carbonyl (C=O) groups excluding carboxylic acids is 3. The highest BCUT2D eigenvalue weighted by Crippen LogP contribution is 2.45. The number of cyclic esters (lactones) is 1. The van der Waals surface area contributed by atoms with Gasteiger partial charge in [-0.1, -0.05) is 58.0 Å². The van der Waals surface area contributed by atoms with Gasteiger partial charge in [0.25, 0.3) is 0 Å². The van der Waals surface area contributed by atoms with E-state index in [1.165, 1.54) is 19.0 Å². The van der Waals surface area contributed by atoms with Crippen molar-refractivity contribution in [3.8, 4) is 11.3 Å². The number of rotatable bonds is 10. The number of hydrogen-bond acceptors (Lipinski definition) is 13. The second-order valence-corrected chi connectivity index (χ2v) is 18.0. The number of nitrogens with zero attached hydrogens (tertiary/aromatic N) is 5. The number of aliphatic hydroxyl groups is 1. The molecule has 6 rings (SSSR count). The number of ketones is 1. The molecule has 16 heteroatoms. The minimum absolute atomic E-state index is 0.169.